The van der Waals surface area contributed by atoms with Gasteiger partial charge < -0.3 is 10.0 Å². The monoisotopic (exact) mass is 539 g/mol. The standard InChI is InChI=1S/C28H24F7NO2/c1-25(20-11-13-22(29)14-12-20)17-36(24(37)15-18-5-3-2-4-6-18)16-23(25)19-7-9-21(10-8-19)26(38,27(30,31)32)28(33,34)35/h2-14,23,38H,15-17H2,1H3/t23-,25+/m0/s1. The highest BCUT2D eigenvalue weighted by Gasteiger charge is 2.71. The van der Waals surface area contributed by atoms with Crippen LogP contribution < -0.4 is 0 Å². The summed E-state index contributed by atoms with van der Waals surface area (Å²) in [6, 6.07) is 18.0. The van der Waals surface area contributed by atoms with E-state index in [1.54, 1.807) is 41.3 Å². The van der Waals surface area contributed by atoms with Crippen molar-refractivity contribution in [2.24, 2.45) is 0 Å². The van der Waals surface area contributed by atoms with Crippen LogP contribution in [-0.2, 0) is 22.2 Å². The van der Waals surface area contributed by atoms with E-state index in [9.17, 15) is 40.6 Å². The fraction of sp³-hybridized carbons (Fsp3) is 0.321. The number of hydrogen-bond acceptors (Lipinski definition) is 2. The second kappa shape index (κ2) is 9.72. The molecular formula is C28H24F7NO2. The molecule has 38 heavy (non-hydrogen) atoms. The molecule has 0 aromatic heterocycles. The molecule has 0 saturated carbocycles. The van der Waals surface area contributed by atoms with Crippen molar-refractivity contribution >= 4 is 5.91 Å². The van der Waals surface area contributed by atoms with Crippen molar-refractivity contribution in [1.82, 2.24) is 4.90 Å². The van der Waals surface area contributed by atoms with E-state index in [1.807, 2.05) is 13.0 Å². The smallest absolute Gasteiger partial charge is 0.369 e. The van der Waals surface area contributed by atoms with Gasteiger partial charge in [-0.1, -0.05) is 73.7 Å². The molecule has 3 aromatic rings. The molecule has 0 radical (unpaired) electrons. The van der Waals surface area contributed by atoms with Gasteiger partial charge in [0.25, 0.3) is 5.60 Å². The second-order valence-electron chi connectivity index (χ2n) is 9.74. The van der Waals surface area contributed by atoms with Crippen molar-refractivity contribution in [3.8, 4) is 0 Å². The van der Waals surface area contributed by atoms with Gasteiger partial charge in [-0.25, -0.2) is 4.39 Å². The number of rotatable bonds is 5. The summed E-state index contributed by atoms with van der Waals surface area (Å²) in [6.45, 7) is 2.16. The molecule has 0 aliphatic carbocycles. The molecule has 10 heteroatoms. The van der Waals surface area contributed by atoms with Crippen molar-refractivity contribution in [3.63, 3.8) is 0 Å². The van der Waals surface area contributed by atoms with Crippen LogP contribution in [0.4, 0.5) is 30.7 Å². The van der Waals surface area contributed by atoms with E-state index in [0.717, 1.165) is 17.7 Å². The highest BCUT2D eigenvalue weighted by atomic mass is 19.4. The molecule has 4 rings (SSSR count). The first-order chi connectivity index (χ1) is 17.7. The van der Waals surface area contributed by atoms with E-state index < -0.39 is 40.7 Å². The van der Waals surface area contributed by atoms with Crippen LogP contribution in [0.3, 0.4) is 0 Å². The highest BCUT2D eigenvalue weighted by Crippen LogP contribution is 2.51. The molecule has 0 bridgehead atoms. The maximum Gasteiger partial charge on any atom is 0.430 e. The molecule has 1 heterocycles. The van der Waals surface area contributed by atoms with Gasteiger partial charge in [0.15, 0.2) is 0 Å². The number of halogens is 7. The quantitative estimate of drug-likeness (QED) is 0.389. The molecule has 1 aliphatic rings. The number of carbonyl (C=O) groups excluding carboxylic acids is 1. The van der Waals surface area contributed by atoms with E-state index in [0.29, 0.717) is 23.3 Å². The molecule has 3 nitrogen and oxygen atoms in total. The van der Waals surface area contributed by atoms with Gasteiger partial charge in [0.1, 0.15) is 5.82 Å². The van der Waals surface area contributed by atoms with Crippen LogP contribution in [0.15, 0.2) is 78.9 Å². The van der Waals surface area contributed by atoms with Gasteiger partial charge in [-0.2, -0.15) is 26.3 Å². The zero-order valence-electron chi connectivity index (χ0n) is 20.2. The maximum atomic E-state index is 13.6. The van der Waals surface area contributed by atoms with Crippen molar-refractivity contribution < 1.29 is 40.6 Å². The highest BCUT2D eigenvalue weighted by molar-refractivity contribution is 5.79. The van der Waals surface area contributed by atoms with E-state index in [-0.39, 0.29) is 25.4 Å². The maximum absolute atomic E-state index is 13.6. The summed E-state index contributed by atoms with van der Waals surface area (Å²) in [5.41, 5.74) is -5.41. The molecule has 1 fully saturated rings. The number of amides is 1. The lowest BCUT2D eigenvalue weighted by Gasteiger charge is -2.34. The van der Waals surface area contributed by atoms with E-state index >= 15 is 0 Å². The Morgan fingerprint density at radius 3 is 1.97 bits per heavy atom. The molecular weight excluding hydrogens is 515 g/mol. The number of hydrogen-bond donors (Lipinski definition) is 1. The third-order valence-electron chi connectivity index (χ3n) is 7.30. The Morgan fingerprint density at radius 1 is 0.895 bits per heavy atom. The summed E-state index contributed by atoms with van der Waals surface area (Å²) in [4.78, 5) is 14.7. The first kappa shape index (κ1) is 27.6. The van der Waals surface area contributed by atoms with Gasteiger partial charge >= 0.3 is 12.4 Å². The number of carbonyl (C=O) groups is 1. The largest absolute Gasteiger partial charge is 0.430 e. The van der Waals surface area contributed by atoms with Gasteiger partial charge in [-0.15, -0.1) is 0 Å². The third kappa shape index (κ3) is 4.89. The van der Waals surface area contributed by atoms with Crippen molar-refractivity contribution in [1.29, 1.82) is 0 Å². The Hall–Kier alpha value is -3.40. The van der Waals surface area contributed by atoms with E-state index in [2.05, 4.69) is 0 Å². The predicted octanol–water partition coefficient (Wildman–Crippen LogP) is 6.26. The van der Waals surface area contributed by atoms with Crippen LogP contribution >= 0.6 is 0 Å². The Morgan fingerprint density at radius 2 is 1.45 bits per heavy atom. The normalized spacial score (nSPS) is 20.6. The molecule has 0 spiro atoms. The zero-order valence-corrected chi connectivity index (χ0v) is 20.2. The van der Waals surface area contributed by atoms with Crippen LogP contribution in [0.1, 0.15) is 35.1 Å². The topological polar surface area (TPSA) is 40.5 Å². The minimum Gasteiger partial charge on any atom is -0.369 e. The van der Waals surface area contributed by atoms with Gasteiger partial charge in [0.05, 0.1) is 6.42 Å². The summed E-state index contributed by atoms with van der Waals surface area (Å²) in [6.07, 6.45) is -11.9. The fourth-order valence-corrected chi connectivity index (χ4v) is 5.11. The summed E-state index contributed by atoms with van der Waals surface area (Å²) >= 11 is 0. The summed E-state index contributed by atoms with van der Waals surface area (Å²) in [7, 11) is 0. The number of aliphatic hydroxyl groups is 1. The molecule has 0 unspecified atom stereocenters. The third-order valence-corrected chi connectivity index (χ3v) is 7.30. The van der Waals surface area contributed by atoms with Crippen LogP contribution in [0.25, 0.3) is 0 Å². The lowest BCUT2D eigenvalue weighted by molar-refractivity contribution is -0.376. The van der Waals surface area contributed by atoms with Gasteiger partial charge in [0, 0.05) is 30.0 Å². The molecule has 3 aromatic carbocycles. The van der Waals surface area contributed by atoms with E-state index in [1.165, 1.54) is 12.1 Å². The predicted molar refractivity (Wildman–Crippen MR) is 126 cm³/mol. The van der Waals surface area contributed by atoms with Crippen molar-refractivity contribution in [3.05, 3.63) is 107 Å². The summed E-state index contributed by atoms with van der Waals surface area (Å²) in [5, 5.41) is 9.74. The zero-order chi connectivity index (χ0) is 27.9. The molecule has 1 saturated heterocycles. The molecule has 202 valence electrons. The molecule has 1 aliphatic heterocycles. The molecule has 1 amide bonds. The Kier molecular flexibility index (Phi) is 7.07. The number of likely N-dealkylation sites (tertiary alicyclic amines) is 1. The van der Waals surface area contributed by atoms with Crippen LogP contribution in [0, 0.1) is 5.82 Å². The average molecular weight is 539 g/mol. The van der Waals surface area contributed by atoms with Gasteiger partial charge in [0.2, 0.25) is 5.91 Å². The second-order valence-corrected chi connectivity index (χ2v) is 9.74. The SMILES string of the molecule is C[C@]1(c2ccc(F)cc2)CN(C(=O)Cc2ccccc2)C[C@H]1c1ccc(C(O)(C(F)(F)F)C(F)(F)F)cc1. The van der Waals surface area contributed by atoms with Gasteiger partial charge in [-0.3, -0.25) is 4.79 Å². The summed E-state index contributed by atoms with van der Waals surface area (Å²) in [5.74, 6) is -1.22. The minimum atomic E-state index is -6.00. The minimum absolute atomic E-state index is 0.107. The number of alkyl halides is 6. The van der Waals surface area contributed by atoms with Gasteiger partial charge in [-0.05, 0) is 28.8 Å². The van der Waals surface area contributed by atoms with Crippen molar-refractivity contribution in [2.75, 3.05) is 13.1 Å². The Balaban J connectivity index is 1.71. The molecule has 1 N–H and O–H groups in total. The summed E-state index contributed by atoms with van der Waals surface area (Å²) < 4.78 is 93.7. The fourth-order valence-electron chi connectivity index (χ4n) is 5.11. The van der Waals surface area contributed by atoms with Crippen molar-refractivity contribution in [2.45, 2.75) is 42.6 Å². The lowest BCUT2D eigenvalue weighted by Crippen LogP contribution is -2.53. The van der Waals surface area contributed by atoms with Crippen LogP contribution in [-0.4, -0.2) is 41.4 Å². The van der Waals surface area contributed by atoms with E-state index in [4.69, 9.17) is 0 Å². The van der Waals surface area contributed by atoms with Crippen LogP contribution in [0.2, 0.25) is 0 Å². The van der Waals surface area contributed by atoms with Crippen LogP contribution in [0.5, 0.6) is 0 Å². The number of nitrogens with zero attached hydrogens (tertiary/aromatic N) is 1. The first-order valence-electron chi connectivity index (χ1n) is 11.7. The molecule has 2 atom stereocenters. The first-order valence-corrected chi connectivity index (χ1v) is 11.7. The number of benzene rings is 3. The lowest BCUT2D eigenvalue weighted by atomic mass is 9.71. The Labute approximate surface area is 214 Å². The average Bonchev–Trinajstić information content (AvgIpc) is 3.22. The Bertz CT molecular complexity index is 1260.